The summed E-state index contributed by atoms with van der Waals surface area (Å²) < 4.78 is 5.48. The monoisotopic (exact) mass is 360 g/mol. The van der Waals surface area contributed by atoms with E-state index in [0.29, 0.717) is 6.54 Å². The Morgan fingerprint density at radius 2 is 2.20 bits per heavy atom. The van der Waals surface area contributed by atoms with Crippen LogP contribution in [-0.4, -0.2) is 43.1 Å². The van der Waals surface area contributed by atoms with Gasteiger partial charge < -0.3 is 15.0 Å². The number of guanidine groups is 1. The number of nitrogens with one attached hydrogen (secondary N) is 1. The van der Waals surface area contributed by atoms with Crippen molar-refractivity contribution in [3.63, 3.8) is 0 Å². The zero-order chi connectivity index (χ0) is 18.2. The van der Waals surface area contributed by atoms with Crippen LogP contribution in [0.5, 0.6) is 5.75 Å². The van der Waals surface area contributed by atoms with Crippen LogP contribution >= 0.6 is 11.3 Å². The van der Waals surface area contributed by atoms with Crippen LogP contribution in [0, 0.1) is 13.8 Å². The van der Waals surface area contributed by atoms with E-state index in [1.807, 2.05) is 20.0 Å². The minimum absolute atomic E-state index is 0.536. The molecule has 2 heterocycles. The van der Waals surface area contributed by atoms with Crippen molar-refractivity contribution >= 4 is 17.3 Å². The Morgan fingerprint density at radius 3 is 2.84 bits per heavy atom. The summed E-state index contributed by atoms with van der Waals surface area (Å²) in [7, 11) is 3.77. The van der Waals surface area contributed by atoms with Gasteiger partial charge in [0.15, 0.2) is 5.96 Å². The van der Waals surface area contributed by atoms with Crippen LogP contribution < -0.4 is 10.1 Å². The fraction of sp³-hybridized carbons (Fsp3) is 0.474. The molecule has 0 aliphatic heterocycles. The molecule has 0 radical (unpaired) electrons. The average Bonchev–Trinajstić information content (AvgIpc) is 3.12. The van der Waals surface area contributed by atoms with Gasteiger partial charge in [0, 0.05) is 42.3 Å². The van der Waals surface area contributed by atoms with E-state index in [0.717, 1.165) is 48.0 Å². The lowest BCUT2D eigenvalue weighted by Gasteiger charge is -2.22. The number of aryl methyl sites for hydroxylation is 1. The Labute approximate surface area is 154 Å². The second-order valence-corrected chi connectivity index (χ2v) is 7.00. The second kappa shape index (κ2) is 9.42. The van der Waals surface area contributed by atoms with Crippen LogP contribution in [-0.2, 0) is 13.0 Å². The van der Waals surface area contributed by atoms with Gasteiger partial charge in [-0.3, -0.25) is 4.98 Å². The number of pyridine rings is 1. The van der Waals surface area contributed by atoms with E-state index < -0.39 is 0 Å². The van der Waals surface area contributed by atoms with Gasteiger partial charge in [-0.15, -0.1) is 11.3 Å². The molecule has 0 spiro atoms. The zero-order valence-corrected chi connectivity index (χ0v) is 16.6. The summed E-state index contributed by atoms with van der Waals surface area (Å²) in [6.45, 7) is 8.43. The Morgan fingerprint density at radius 1 is 1.40 bits per heavy atom. The first kappa shape index (κ1) is 19.2. The van der Waals surface area contributed by atoms with Crippen LogP contribution in [0.15, 0.2) is 28.7 Å². The predicted molar refractivity (Wildman–Crippen MR) is 106 cm³/mol. The first-order valence-corrected chi connectivity index (χ1v) is 9.45. The number of hydrogen-bond donors (Lipinski definition) is 1. The summed E-state index contributed by atoms with van der Waals surface area (Å²) >= 11 is 1.80. The summed E-state index contributed by atoms with van der Waals surface area (Å²) in [6.07, 6.45) is 2.87. The Hall–Kier alpha value is -2.08. The maximum atomic E-state index is 5.48. The maximum absolute atomic E-state index is 5.48. The summed E-state index contributed by atoms with van der Waals surface area (Å²) in [5, 5.41) is 5.48. The molecule has 2 aromatic heterocycles. The molecule has 0 saturated heterocycles. The Balaban J connectivity index is 2.08. The molecule has 0 fully saturated rings. The van der Waals surface area contributed by atoms with E-state index in [-0.39, 0.29) is 0 Å². The topological polar surface area (TPSA) is 49.8 Å². The van der Waals surface area contributed by atoms with Gasteiger partial charge in [-0.1, -0.05) is 6.07 Å². The summed E-state index contributed by atoms with van der Waals surface area (Å²) in [5.74, 6) is 1.80. The lowest BCUT2D eigenvalue weighted by atomic mass is 10.1. The van der Waals surface area contributed by atoms with E-state index in [1.165, 1.54) is 4.88 Å². The average molecular weight is 361 g/mol. The number of thiophene rings is 1. The van der Waals surface area contributed by atoms with Gasteiger partial charge in [0.1, 0.15) is 5.75 Å². The maximum Gasteiger partial charge on any atom is 0.194 e. The first-order chi connectivity index (χ1) is 12.1. The van der Waals surface area contributed by atoms with E-state index in [4.69, 9.17) is 9.73 Å². The van der Waals surface area contributed by atoms with Gasteiger partial charge >= 0.3 is 0 Å². The summed E-state index contributed by atoms with van der Waals surface area (Å²) in [4.78, 5) is 12.9. The van der Waals surface area contributed by atoms with Crippen molar-refractivity contribution in [3.8, 4) is 5.75 Å². The van der Waals surface area contributed by atoms with Crippen molar-refractivity contribution in [1.82, 2.24) is 15.2 Å². The third-order valence-corrected chi connectivity index (χ3v) is 5.03. The third-order valence-electron chi connectivity index (χ3n) is 4.10. The van der Waals surface area contributed by atoms with Gasteiger partial charge in [0.2, 0.25) is 0 Å². The van der Waals surface area contributed by atoms with Crippen molar-refractivity contribution < 1.29 is 4.74 Å². The predicted octanol–water partition coefficient (Wildman–Crippen LogP) is 3.41. The molecule has 0 aromatic carbocycles. The van der Waals surface area contributed by atoms with Crippen molar-refractivity contribution in [2.45, 2.75) is 33.7 Å². The quantitative estimate of drug-likeness (QED) is 0.607. The van der Waals surface area contributed by atoms with E-state index >= 15 is 0 Å². The molecule has 0 aliphatic carbocycles. The minimum atomic E-state index is 0.536. The summed E-state index contributed by atoms with van der Waals surface area (Å²) in [6, 6.07) is 4.27. The highest BCUT2D eigenvalue weighted by atomic mass is 32.1. The fourth-order valence-electron chi connectivity index (χ4n) is 2.69. The van der Waals surface area contributed by atoms with Crippen molar-refractivity contribution in [2.75, 3.05) is 27.2 Å². The Bertz CT molecular complexity index is 698. The largest absolute Gasteiger partial charge is 0.496 e. The van der Waals surface area contributed by atoms with Gasteiger partial charge in [0.05, 0.1) is 19.3 Å². The fourth-order valence-corrected chi connectivity index (χ4v) is 3.39. The highest BCUT2D eigenvalue weighted by Gasteiger charge is 2.11. The van der Waals surface area contributed by atoms with Gasteiger partial charge in [0.25, 0.3) is 0 Å². The van der Waals surface area contributed by atoms with E-state index in [2.05, 4.69) is 46.7 Å². The van der Waals surface area contributed by atoms with Crippen molar-refractivity contribution in [2.24, 2.45) is 4.99 Å². The molecule has 0 unspecified atom stereocenters. The van der Waals surface area contributed by atoms with Crippen LogP contribution in [0.2, 0.25) is 0 Å². The Kier molecular flexibility index (Phi) is 7.25. The molecule has 0 aliphatic rings. The highest BCUT2D eigenvalue weighted by molar-refractivity contribution is 7.09. The first-order valence-electron chi connectivity index (χ1n) is 8.57. The van der Waals surface area contributed by atoms with Crippen LogP contribution in [0.4, 0.5) is 0 Å². The normalized spacial score (nSPS) is 11.5. The number of methoxy groups -OCH3 is 1. The number of rotatable bonds is 7. The number of likely N-dealkylation sites (N-methyl/N-ethyl adjacent to an activating group) is 1. The van der Waals surface area contributed by atoms with Crippen LogP contribution in [0.25, 0.3) is 0 Å². The van der Waals surface area contributed by atoms with Crippen molar-refractivity contribution in [3.05, 3.63) is 45.4 Å². The summed E-state index contributed by atoms with van der Waals surface area (Å²) in [5.41, 5.74) is 3.06. The molecule has 0 amide bonds. The molecular formula is C19H28N4OS. The van der Waals surface area contributed by atoms with Crippen LogP contribution in [0.3, 0.4) is 0 Å². The van der Waals surface area contributed by atoms with E-state index in [1.54, 1.807) is 18.4 Å². The molecule has 25 heavy (non-hydrogen) atoms. The molecule has 2 rings (SSSR count). The molecule has 1 N–H and O–H groups in total. The minimum Gasteiger partial charge on any atom is -0.496 e. The lowest BCUT2D eigenvalue weighted by molar-refractivity contribution is 0.407. The molecule has 0 atom stereocenters. The SMILES string of the molecule is CCNC(=NCc1ncc(C)c(OC)c1C)N(C)CCc1cccs1. The van der Waals surface area contributed by atoms with Gasteiger partial charge in [-0.05, 0) is 38.6 Å². The molecule has 0 saturated carbocycles. The number of aliphatic imine (C=N–C) groups is 1. The molecule has 0 bridgehead atoms. The molecule has 6 heteroatoms. The zero-order valence-electron chi connectivity index (χ0n) is 15.8. The molecular weight excluding hydrogens is 332 g/mol. The third kappa shape index (κ3) is 5.19. The smallest absolute Gasteiger partial charge is 0.194 e. The van der Waals surface area contributed by atoms with Crippen molar-refractivity contribution in [1.29, 1.82) is 0 Å². The lowest BCUT2D eigenvalue weighted by Crippen LogP contribution is -2.39. The number of ether oxygens (including phenoxy) is 1. The van der Waals surface area contributed by atoms with Gasteiger partial charge in [-0.25, -0.2) is 4.99 Å². The second-order valence-electron chi connectivity index (χ2n) is 5.97. The highest BCUT2D eigenvalue weighted by Crippen LogP contribution is 2.24. The molecule has 2 aromatic rings. The number of hydrogen-bond acceptors (Lipinski definition) is 4. The standard InChI is InChI=1S/C19H28N4OS/c1-6-20-19(23(4)10-9-16-8-7-11-25-16)22-13-17-15(3)18(24-5)14(2)12-21-17/h7-8,11-12H,6,9-10,13H2,1-5H3,(H,20,22). The van der Waals surface area contributed by atoms with Gasteiger partial charge in [-0.2, -0.15) is 0 Å². The van der Waals surface area contributed by atoms with E-state index in [9.17, 15) is 0 Å². The molecule has 5 nitrogen and oxygen atoms in total. The molecule has 136 valence electrons. The van der Waals surface area contributed by atoms with Crippen LogP contribution in [0.1, 0.15) is 28.6 Å². The number of nitrogens with zero attached hydrogens (tertiary/aromatic N) is 3. The number of aromatic nitrogens is 1.